The van der Waals surface area contributed by atoms with E-state index in [-0.39, 0.29) is 12.5 Å². The van der Waals surface area contributed by atoms with E-state index >= 15 is 0 Å². The Bertz CT molecular complexity index is 251. The second-order valence-electron chi connectivity index (χ2n) is 5.12. The van der Waals surface area contributed by atoms with E-state index in [1.54, 1.807) is 11.8 Å². The van der Waals surface area contributed by atoms with E-state index in [0.717, 1.165) is 25.0 Å². The third-order valence-electron chi connectivity index (χ3n) is 3.81. The number of aliphatic hydroxyl groups excluding tert-OH is 1. The summed E-state index contributed by atoms with van der Waals surface area (Å²) in [5.41, 5.74) is 5.81. The molecule has 1 fully saturated rings. The van der Waals surface area contributed by atoms with Crippen LogP contribution < -0.4 is 11.1 Å². The zero-order chi connectivity index (χ0) is 13.4. The van der Waals surface area contributed by atoms with Crippen molar-refractivity contribution in [3.05, 3.63) is 0 Å². The maximum Gasteiger partial charge on any atom is 0.236 e. The number of aliphatic hydroxyl groups is 1. The first kappa shape index (κ1) is 15.8. The molecule has 0 bridgehead atoms. The normalized spacial score (nSPS) is 25.7. The largest absolute Gasteiger partial charge is 0.396 e. The van der Waals surface area contributed by atoms with Crippen LogP contribution in [0.3, 0.4) is 0 Å². The molecular formula is C13H26N2O2S. The molecule has 0 heterocycles. The minimum atomic E-state index is -0.395. The average Bonchev–Trinajstić information content (AvgIpc) is 2.42. The summed E-state index contributed by atoms with van der Waals surface area (Å²) in [5, 5.41) is 12.3. The minimum Gasteiger partial charge on any atom is -0.396 e. The zero-order valence-electron chi connectivity index (χ0n) is 11.2. The number of hydrogen-bond acceptors (Lipinski definition) is 4. The summed E-state index contributed by atoms with van der Waals surface area (Å²) in [7, 11) is 0. The molecule has 4 N–H and O–H groups in total. The van der Waals surface area contributed by atoms with Gasteiger partial charge in [0.05, 0.1) is 6.04 Å². The van der Waals surface area contributed by atoms with Crippen molar-refractivity contribution in [2.45, 2.75) is 38.1 Å². The van der Waals surface area contributed by atoms with Gasteiger partial charge in [-0.3, -0.25) is 4.79 Å². The van der Waals surface area contributed by atoms with E-state index in [2.05, 4.69) is 5.32 Å². The van der Waals surface area contributed by atoms with E-state index in [9.17, 15) is 9.90 Å². The molecule has 0 aliphatic heterocycles. The predicted molar refractivity (Wildman–Crippen MR) is 76.5 cm³/mol. The molecule has 0 aromatic rings. The molecule has 1 amide bonds. The Morgan fingerprint density at radius 2 is 2.11 bits per heavy atom. The molecule has 1 saturated carbocycles. The van der Waals surface area contributed by atoms with Gasteiger partial charge in [0.15, 0.2) is 0 Å². The highest BCUT2D eigenvalue weighted by molar-refractivity contribution is 7.98. The second-order valence-corrected chi connectivity index (χ2v) is 6.11. The molecule has 0 radical (unpaired) electrons. The second kappa shape index (κ2) is 8.77. The lowest BCUT2D eigenvalue weighted by Crippen LogP contribution is -2.44. The van der Waals surface area contributed by atoms with Crippen LogP contribution in [0.25, 0.3) is 0 Å². The van der Waals surface area contributed by atoms with Gasteiger partial charge in [0.1, 0.15) is 0 Å². The molecule has 1 aliphatic carbocycles. The van der Waals surface area contributed by atoms with Gasteiger partial charge in [-0.15, -0.1) is 0 Å². The standard InChI is InChI=1S/C13H26N2O2S/c1-18-7-6-12(14)13(17)15-8-10-4-2-3-5-11(10)9-16/h10-12,16H,2-9,14H2,1H3,(H,15,17)/t10?,11?,12-/m0/s1. The fraction of sp³-hybridized carbons (Fsp3) is 0.923. The van der Waals surface area contributed by atoms with Crippen molar-refractivity contribution in [1.82, 2.24) is 5.32 Å². The summed E-state index contributed by atoms with van der Waals surface area (Å²) in [6.45, 7) is 0.899. The van der Waals surface area contributed by atoms with Gasteiger partial charge in [-0.1, -0.05) is 12.8 Å². The van der Waals surface area contributed by atoms with E-state index in [1.165, 1.54) is 12.8 Å². The van der Waals surface area contributed by atoms with E-state index < -0.39 is 6.04 Å². The predicted octanol–water partition coefficient (Wildman–Crippen LogP) is 0.982. The lowest BCUT2D eigenvalue weighted by molar-refractivity contribution is -0.122. The lowest BCUT2D eigenvalue weighted by atomic mass is 9.79. The van der Waals surface area contributed by atoms with Crippen LogP contribution in [0.15, 0.2) is 0 Å². The van der Waals surface area contributed by atoms with Crippen LogP contribution in [0.5, 0.6) is 0 Å². The third kappa shape index (κ3) is 5.16. The molecule has 1 rings (SSSR count). The van der Waals surface area contributed by atoms with E-state index in [4.69, 9.17) is 5.73 Å². The maximum absolute atomic E-state index is 11.8. The topological polar surface area (TPSA) is 75.4 Å². The van der Waals surface area contributed by atoms with E-state index in [0.29, 0.717) is 18.4 Å². The first-order valence-electron chi connectivity index (χ1n) is 6.82. The first-order chi connectivity index (χ1) is 8.69. The highest BCUT2D eigenvalue weighted by Crippen LogP contribution is 2.29. The van der Waals surface area contributed by atoms with Crippen LogP contribution in [0.4, 0.5) is 0 Å². The number of nitrogens with two attached hydrogens (primary N) is 1. The van der Waals surface area contributed by atoms with Gasteiger partial charge < -0.3 is 16.2 Å². The molecule has 106 valence electrons. The smallest absolute Gasteiger partial charge is 0.236 e. The Labute approximate surface area is 114 Å². The summed E-state index contributed by atoms with van der Waals surface area (Å²) >= 11 is 1.70. The molecule has 3 atom stereocenters. The van der Waals surface area contributed by atoms with Crippen molar-refractivity contribution in [3.8, 4) is 0 Å². The monoisotopic (exact) mass is 274 g/mol. The van der Waals surface area contributed by atoms with Crippen molar-refractivity contribution in [2.75, 3.05) is 25.2 Å². The van der Waals surface area contributed by atoms with Crippen LogP contribution in [0.1, 0.15) is 32.1 Å². The number of carbonyl (C=O) groups excluding carboxylic acids is 1. The Morgan fingerprint density at radius 1 is 1.44 bits per heavy atom. The number of thioether (sulfide) groups is 1. The molecule has 0 saturated heterocycles. The average molecular weight is 274 g/mol. The Kier molecular flexibility index (Phi) is 7.70. The molecule has 0 aromatic carbocycles. The highest BCUT2D eigenvalue weighted by atomic mass is 32.2. The first-order valence-corrected chi connectivity index (χ1v) is 8.21. The minimum absolute atomic E-state index is 0.0497. The molecular weight excluding hydrogens is 248 g/mol. The number of nitrogens with one attached hydrogen (secondary N) is 1. The Morgan fingerprint density at radius 3 is 2.72 bits per heavy atom. The SMILES string of the molecule is CSCC[C@H](N)C(=O)NCC1CCCCC1CO. The lowest BCUT2D eigenvalue weighted by Gasteiger charge is -2.30. The van der Waals surface area contributed by atoms with Crippen molar-refractivity contribution in [3.63, 3.8) is 0 Å². The molecule has 0 aromatic heterocycles. The zero-order valence-corrected chi connectivity index (χ0v) is 12.0. The number of amides is 1. The van der Waals surface area contributed by atoms with Crippen LogP contribution in [0, 0.1) is 11.8 Å². The van der Waals surface area contributed by atoms with Crippen LogP contribution >= 0.6 is 11.8 Å². The van der Waals surface area contributed by atoms with Gasteiger partial charge in [0.25, 0.3) is 0 Å². The number of rotatable bonds is 7. The summed E-state index contributed by atoms with van der Waals surface area (Å²) in [6, 6.07) is -0.395. The molecule has 5 heteroatoms. The van der Waals surface area contributed by atoms with Gasteiger partial charge >= 0.3 is 0 Å². The molecule has 0 spiro atoms. The van der Waals surface area contributed by atoms with Crippen molar-refractivity contribution in [1.29, 1.82) is 0 Å². The Balaban J connectivity index is 2.27. The fourth-order valence-electron chi connectivity index (χ4n) is 2.53. The van der Waals surface area contributed by atoms with Crippen molar-refractivity contribution in [2.24, 2.45) is 17.6 Å². The molecule has 18 heavy (non-hydrogen) atoms. The summed E-state index contributed by atoms with van der Waals surface area (Å²) in [4.78, 5) is 11.8. The van der Waals surface area contributed by atoms with Crippen molar-refractivity contribution < 1.29 is 9.90 Å². The van der Waals surface area contributed by atoms with Crippen LogP contribution in [-0.4, -0.2) is 42.2 Å². The summed E-state index contributed by atoms with van der Waals surface area (Å²) < 4.78 is 0. The van der Waals surface area contributed by atoms with Gasteiger partial charge in [-0.25, -0.2) is 0 Å². The summed E-state index contributed by atoms with van der Waals surface area (Å²) in [5.74, 6) is 1.63. The molecule has 2 unspecified atom stereocenters. The Hall–Kier alpha value is -0.260. The van der Waals surface area contributed by atoms with Gasteiger partial charge in [-0.2, -0.15) is 11.8 Å². The van der Waals surface area contributed by atoms with Crippen LogP contribution in [0.2, 0.25) is 0 Å². The van der Waals surface area contributed by atoms with Gasteiger partial charge in [0.2, 0.25) is 5.91 Å². The van der Waals surface area contributed by atoms with E-state index in [1.807, 2.05) is 6.26 Å². The van der Waals surface area contributed by atoms with Gasteiger partial charge in [0, 0.05) is 13.2 Å². The number of carbonyl (C=O) groups is 1. The molecule has 4 nitrogen and oxygen atoms in total. The number of hydrogen-bond donors (Lipinski definition) is 3. The molecule has 1 aliphatic rings. The maximum atomic E-state index is 11.8. The fourth-order valence-corrected chi connectivity index (χ4v) is 3.02. The van der Waals surface area contributed by atoms with Crippen LogP contribution in [-0.2, 0) is 4.79 Å². The van der Waals surface area contributed by atoms with Gasteiger partial charge in [-0.05, 0) is 43.1 Å². The highest BCUT2D eigenvalue weighted by Gasteiger charge is 2.25. The third-order valence-corrected chi connectivity index (χ3v) is 4.45. The quantitative estimate of drug-likeness (QED) is 0.647. The summed E-state index contributed by atoms with van der Waals surface area (Å²) in [6.07, 6.45) is 7.32. The van der Waals surface area contributed by atoms with Crippen molar-refractivity contribution >= 4 is 17.7 Å².